The topological polar surface area (TPSA) is 131 Å². The fraction of sp³-hybridized carbons (Fsp3) is 0.0952. The van der Waals surface area contributed by atoms with Gasteiger partial charge in [-0.15, -0.1) is 0 Å². The molecule has 2 aromatic carbocycles. The summed E-state index contributed by atoms with van der Waals surface area (Å²) in [5, 5.41) is 26.5. The van der Waals surface area contributed by atoms with Crippen molar-refractivity contribution in [2.24, 2.45) is 0 Å². The molecule has 0 unspecified atom stereocenters. The van der Waals surface area contributed by atoms with Crippen molar-refractivity contribution in [3.8, 4) is 11.8 Å². The summed E-state index contributed by atoms with van der Waals surface area (Å²) in [6.45, 7) is 1.72. The number of para-hydroxylation sites is 1. The molecular weight excluding hydrogens is 388 g/mol. The van der Waals surface area contributed by atoms with Crippen molar-refractivity contribution >= 4 is 23.5 Å². The Hall–Kier alpha value is -4.45. The lowest BCUT2D eigenvalue weighted by atomic mass is 10.1. The maximum absolute atomic E-state index is 12.2. The lowest BCUT2D eigenvalue weighted by molar-refractivity contribution is -0.385. The number of nitro benzene ring substituents is 1. The maximum Gasteiger partial charge on any atom is 0.276 e. The molecule has 0 fully saturated rings. The van der Waals surface area contributed by atoms with E-state index in [-0.39, 0.29) is 23.7 Å². The van der Waals surface area contributed by atoms with E-state index in [0.717, 1.165) is 0 Å². The number of aryl methyl sites for hydroxylation is 1. The molecule has 30 heavy (non-hydrogen) atoms. The van der Waals surface area contributed by atoms with Crippen LogP contribution in [0.4, 0.5) is 11.5 Å². The average Bonchev–Trinajstić information content (AvgIpc) is 3.15. The van der Waals surface area contributed by atoms with Crippen molar-refractivity contribution in [1.29, 1.82) is 5.26 Å². The van der Waals surface area contributed by atoms with E-state index in [1.807, 2.05) is 6.07 Å². The number of nitrogens with one attached hydrogen (secondary N) is 1. The van der Waals surface area contributed by atoms with Gasteiger partial charge in [0, 0.05) is 12.1 Å². The highest BCUT2D eigenvalue weighted by molar-refractivity contribution is 6.09. The molecule has 0 saturated carbocycles. The lowest BCUT2D eigenvalue weighted by Crippen LogP contribution is -2.13. The molecule has 0 aliphatic heterocycles. The molecule has 0 saturated heterocycles. The summed E-state index contributed by atoms with van der Waals surface area (Å²) in [5.41, 5.74) is 0.947. The molecule has 3 aromatic rings. The summed E-state index contributed by atoms with van der Waals surface area (Å²) in [5.74, 6) is 0.635. The molecule has 150 valence electrons. The van der Waals surface area contributed by atoms with Crippen LogP contribution in [-0.4, -0.2) is 16.0 Å². The van der Waals surface area contributed by atoms with Crippen molar-refractivity contribution in [1.82, 2.24) is 5.16 Å². The molecule has 0 aliphatic rings. The standard InChI is InChI=1S/C21H16N4O5/c1-14-10-20(24-30-14)23-21(26)17(12-22)11-15-6-8-18(9-7-15)29-13-16-4-2-3-5-19(16)25(27)28/h2-11H,13H2,1H3,(H,23,24,26)/b17-11-. The molecule has 0 radical (unpaired) electrons. The average molecular weight is 404 g/mol. The fourth-order valence-corrected chi connectivity index (χ4v) is 2.56. The monoisotopic (exact) mass is 404 g/mol. The number of rotatable bonds is 7. The van der Waals surface area contributed by atoms with Gasteiger partial charge in [-0.05, 0) is 36.8 Å². The number of nitro groups is 1. The van der Waals surface area contributed by atoms with Crippen molar-refractivity contribution < 1.29 is 19.0 Å². The quantitative estimate of drug-likeness (QED) is 0.272. The Bertz CT molecular complexity index is 1140. The number of carbonyl (C=O) groups is 1. The lowest BCUT2D eigenvalue weighted by Gasteiger charge is -2.07. The van der Waals surface area contributed by atoms with Crippen LogP contribution in [0.15, 0.2) is 64.7 Å². The van der Waals surface area contributed by atoms with E-state index in [4.69, 9.17) is 9.26 Å². The van der Waals surface area contributed by atoms with E-state index >= 15 is 0 Å². The van der Waals surface area contributed by atoms with Crippen LogP contribution in [0.5, 0.6) is 5.75 Å². The predicted octanol–water partition coefficient (Wildman–Crippen LogP) is 4.02. The first-order valence-electron chi connectivity index (χ1n) is 8.78. The van der Waals surface area contributed by atoms with E-state index in [0.29, 0.717) is 22.6 Å². The second kappa shape index (κ2) is 9.16. The Morgan fingerprint density at radius 2 is 2.03 bits per heavy atom. The number of nitriles is 1. The molecule has 0 atom stereocenters. The van der Waals surface area contributed by atoms with Crippen molar-refractivity contribution in [2.45, 2.75) is 13.5 Å². The van der Waals surface area contributed by atoms with Gasteiger partial charge in [0.15, 0.2) is 5.82 Å². The van der Waals surface area contributed by atoms with Gasteiger partial charge in [0.05, 0.1) is 10.5 Å². The van der Waals surface area contributed by atoms with Gasteiger partial charge >= 0.3 is 0 Å². The summed E-state index contributed by atoms with van der Waals surface area (Å²) in [6, 6.07) is 16.4. The van der Waals surface area contributed by atoms with Gasteiger partial charge in [0.25, 0.3) is 11.6 Å². The summed E-state index contributed by atoms with van der Waals surface area (Å²) >= 11 is 0. The third kappa shape index (κ3) is 5.08. The highest BCUT2D eigenvalue weighted by Gasteiger charge is 2.13. The summed E-state index contributed by atoms with van der Waals surface area (Å²) < 4.78 is 10.5. The molecule has 3 rings (SSSR count). The molecule has 0 spiro atoms. The van der Waals surface area contributed by atoms with Gasteiger partial charge < -0.3 is 14.6 Å². The van der Waals surface area contributed by atoms with Gasteiger partial charge in [-0.2, -0.15) is 5.26 Å². The van der Waals surface area contributed by atoms with Crippen LogP contribution >= 0.6 is 0 Å². The number of aromatic nitrogens is 1. The third-order valence-electron chi connectivity index (χ3n) is 4.01. The van der Waals surface area contributed by atoms with Crippen molar-refractivity contribution in [3.63, 3.8) is 0 Å². The number of ether oxygens (including phenoxy) is 1. The number of benzene rings is 2. The van der Waals surface area contributed by atoms with E-state index < -0.39 is 10.8 Å². The van der Waals surface area contributed by atoms with E-state index in [1.165, 1.54) is 18.2 Å². The first-order valence-corrected chi connectivity index (χ1v) is 8.78. The minimum Gasteiger partial charge on any atom is -0.489 e. The van der Waals surface area contributed by atoms with Crippen LogP contribution in [0.3, 0.4) is 0 Å². The third-order valence-corrected chi connectivity index (χ3v) is 4.01. The number of hydrogen-bond donors (Lipinski definition) is 1. The number of anilines is 1. The predicted molar refractivity (Wildman–Crippen MR) is 107 cm³/mol. The van der Waals surface area contributed by atoms with Crippen LogP contribution in [0, 0.1) is 28.4 Å². The molecule has 9 heteroatoms. The van der Waals surface area contributed by atoms with Crippen molar-refractivity contribution in [2.75, 3.05) is 5.32 Å². The first kappa shape index (κ1) is 20.3. The SMILES string of the molecule is Cc1cc(NC(=O)/C(C#N)=C\c2ccc(OCc3ccccc3[N+](=O)[O-])cc2)no1. The van der Waals surface area contributed by atoms with Crippen LogP contribution in [0.1, 0.15) is 16.9 Å². The highest BCUT2D eigenvalue weighted by atomic mass is 16.6. The fourth-order valence-electron chi connectivity index (χ4n) is 2.56. The van der Waals surface area contributed by atoms with Gasteiger partial charge in [-0.25, -0.2) is 0 Å². The van der Waals surface area contributed by atoms with Crippen LogP contribution in [-0.2, 0) is 11.4 Å². The molecule has 9 nitrogen and oxygen atoms in total. The molecular formula is C21H16N4O5. The Labute approximate surface area is 171 Å². The Morgan fingerprint density at radius 1 is 1.30 bits per heavy atom. The van der Waals surface area contributed by atoms with E-state index in [2.05, 4.69) is 10.5 Å². The van der Waals surface area contributed by atoms with Crippen LogP contribution in [0.25, 0.3) is 6.08 Å². The summed E-state index contributed by atoms with van der Waals surface area (Å²) in [4.78, 5) is 22.8. The Balaban J connectivity index is 1.66. The minimum absolute atomic E-state index is 0.0102. The molecule has 0 aliphatic carbocycles. The molecule has 1 amide bonds. The largest absolute Gasteiger partial charge is 0.489 e. The number of nitrogens with zero attached hydrogens (tertiary/aromatic N) is 3. The highest BCUT2D eigenvalue weighted by Crippen LogP contribution is 2.21. The Kier molecular flexibility index (Phi) is 6.20. The molecule has 1 aromatic heterocycles. The van der Waals surface area contributed by atoms with E-state index in [1.54, 1.807) is 49.4 Å². The van der Waals surface area contributed by atoms with Gasteiger partial charge in [-0.1, -0.05) is 29.4 Å². The molecule has 1 heterocycles. The number of amides is 1. The Morgan fingerprint density at radius 3 is 2.67 bits per heavy atom. The van der Waals surface area contributed by atoms with Crippen LogP contribution < -0.4 is 10.1 Å². The zero-order valence-corrected chi connectivity index (χ0v) is 15.9. The number of hydrogen-bond acceptors (Lipinski definition) is 7. The number of carbonyl (C=O) groups excluding carboxylic acids is 1. The maximum atomic E-state index is 12.2. The smallest absolute Gasteiger partial charge is 0.276 e. The molecule has 1 N–H and O–H groups in total. The van der Waals surface area contributed by atoms with Gasteiger partial charge in [0.2, 0.25) is 0 Å². The van der Waals surface area contributed by atoms with E-state index in [9.17, 15) is 20.2 Å². The second-order valence-electron chi connectivity index (χ2n) is 6.19. The minimum atomic E-state index is -0.609. The zero-order valence-electron chi connectivity index (χ0n) is 15.9. The normalized spacial score (nSPS) is 10.9. The van der Waals surface area contributed by atoms with Crippen LogP contribution in [0.2, 0.25) is 0 Å². The summed E-state index contributed by atoms with van der Waals surface area (Å²) in [7, 11) is 0. The van der Waals surface area contributed by atoms with Gasteiger partial charge in [0.1, 0.15) is 29.8 Å². The van der Waals surface area contributed by atoms with Crippen molar-refractivity contribution in [3.05, 3.63) is 87.2 Å². The van der Waals surface area contributed by atoms with Gasteiger partial charge in [-0.3, -0.25) is 14.9 Å². The second-order valence-corrected chi connectivity index (χ2v) is 6.19. The summed E-state index contributed by atoms with van der Waals surface area (Å²) in [6.07, 6.45) is 1.42. The first-order chi connectivity index (χ1) is 14.5. The molecule has 0 bridgehead atoms. The zero-order chi connectivity index (χ0) is 21.5.